The first-order valence-electron chi connectivity index (χ1n) is 6.63. The molecule has 1 fully saturated rings. The zero-order valence-electron chi connectivity index (χ0n) is 11.1. The number of benzene rings is 1. The van der Waals surface area contributed by atoms with E-state index in [1.165, 1.54) is 6.07 Å². The quantitative estimate of drug-likeness (QED) is 0.853. The van der Waals surface area contributed by atoms with Gasteiger partial charge in [0.15, 0.2) is 15.6 Å². The van der Waals surface area contributed by atoms with Crippen LogP contribution in [0.25, 0.3) is 0 Å². The lowest BCUT2D eigenvalue weighted by Crippen LogP contribution is -2.32. The summed E-state index contributed by atoms with van der Waals surface area (Å²) in [5.74, 6) is -0.0765. The summed E-state index contributed by atoms with van der Waals surface area (Å²) in [4.78, 5) is 12.7. The summed E-state index contributed by atoms with van der Waals surface area (Å²) in [6.45, 7) is 3.24. The average molecular weight is 281 g/mol. The fourth-order valence-electron chi connectivity index (χ4n) is 2.40. The summed E-state index contributed by atoms with van der Waals surface area (Å²) in [5.41, 5.74) is 0.358. The molecule has 1 aromatic carbocycles. The largest absolute Gasteiger partial charge is 0.317 e. The number of sulfone groups is 1. The first-order valence-corrected chi connectivity index (χ1v) is 8.28. The van der Waals surface area contributed by atoms with Crippen molar-refractivity contribution in [3.8, 4) is 0 Å². The molecule has 1 N–H and O–H groups in total. The first kappa shape index (κ1) is 14.2. The van der Waals surface area contributed by atoms with Crippen molar-refractivity contribution in [2.24, 2.45) is 5.92 Å². The third kappa shape index (κ3) is 3.04. The van der Waals surface area contributed by atoms with Crippen LogP contribution in [0.4, 0.5) is 0 Å². The fourth-order valence-corrected chi connectivity index (χ4v) is 3.50. The van der Waals surface area contributed by atoms with Crippen molar-refractivity contribution in [2.75, 3.05) is 18.8 Å². The maximum Gasteiger partial charge on any atom is 0.178 e. The SMILES string of the molecule is CCS(=O)(=O)c1ccccc1C(=O)C1CCNCC1. The van der Waals surface area contributed by atoms with E-state index in [1.807, 2.05) is 0 Å². The smallest absolute Gasteiger partial charge is 0.178 e. The van der Waals surface area contributed by atoms with Crippen LogP contribution in [0, 0.1) is 5.92 Å². The molecule has 1 heterocycles. The zero-order chi connectivity index (χ0) is 13.9. The van der Waals surface area contributed by atoms with E-state index in [1.54, 1.807) is 25.1 Å². The van der Waals surface area contributed by atoms with Crippen LogP contribution in [0.2, 0.25) is 0 Å². The molecule has 0 bridgehead atoms. The van der Waals surface area contributed by atoms with E-state index in [-0.39, 0.29) is 22.3 Å². The lowest BCUT2D eigenvalue weighted by molar-refractivity contribution is 0.0891. The van der Waals surface area contributed by atoms with Crippen LogP contribution < -0.4 is 5.32 Å². The van der Waals surface area contributed by atoms with Gasteiger partial charge in [0.1, 0.15) is 0 Å². The Hall–Kier alpha value is -1.20. The molecule has 0 radical (unpaired) electrons. The molecule has 0 atom stereocenters. The zero-order valence-corrected chi connectivity index (χ0v) is 11.9. The van der Waals surface area contributed by atoms with Gasteiger partial charge in [-0.2, -0.15) is 0 Å². The van der Waals surface area contributed by atoms with E-state index in [2.05, 4.69) is 5.32 Å². The van der Waals surface area contributed by atoms with Crippen molar-refractivity contribution in [3.05, 3.63) is 29.8 Å². The van der Waals surface area contributed by atoms with E-state index in [9.17, 15) is 13.2 Å². The number of carbonyl (C=O) groups is 1. The molecule has 1 aromatic rings. The van der Waals surface area contributed by atoms with Gasteiger partial charge in [-0.05, 0) is 32.0 Å². The topological polar surface area (TPSA) is 63.2 Å². The average Bonchev–Trinajstić information content (AvgIpc) is 2.47. The van der Waals surface area contributed by atoms with Crippen LogP contribution in [0.5, 0.6) is 0 Å². The lowest BCUT2D eigenvalue weighted by Gasteiger charge is -2.22. The molecular weight excluding hydrogens is 262 g/mol. The molecule has 5 heteroatoms. The molecule has 19 heavy (non-hydrogen) atoms. The fraction of sp³-hybridized carbons (Fsp3) is 0.500. The number of nitrogens with one attached hydrogen (secondary N) is 1. The number of carbonyl (C=O) groups excluding carboxylic acids is 1. The highest BCUT2D eigenvalue weighted by Gasteiger charge is 2.27. The Balaban J connectivity index is 2.37. The van der Waals surface area contributed by atoms with Crippen LogP contribution in [-0.4, -0.2) is 33.0 Å². The van der Waals surface area contributed by atoms with Crippen LogP contribution >= 0.6 is 0 Å². The Bertz CT molecular complexity index is 560. The number of hydrogen-bond donors (Lipinski definition) is 1. The highest BCUT2D eigenvalue weighted by molar-refractivity contribution is 7.91. The van der Waals surface area contributed by atoms with E-state index >= 15 is 0 Å². The predicted octanol–water partition coefficient (Wildman–Crippen LogP) is 1.66. The van der Waals surface area contributed by atoms with Gasteiger partial charge in [-0.1, -0.05) is 25.1 Å². The van der Waals surface area contributed by atoms with Crippen molar-refractivity contribution < 1.29 is 13.2 Å². The van der Waals surface area contributed by atoms with E-state index < -0.39 is 9.84 Å². The normalized spacial score (nSPS) is 17.3. The van der Waals surface area contributed by atoms with Crippen molar-refractivity contribution in [1.82, 2.24) is 5.32 Å². The van der Waals surface area contributed by atoms with Crippen molar-refractivity contribution in [2.45, 2.75) is 24.7 Å². The second kappa shape index (κ2) is 5.84. The van der Waals surface area contributed by atoms with E-state index in [0.717, 1.165) is 25.9 Å². The van der Waals surface area contributed by atoms with Crippen LogP contribution in [0.3, 0.4) is 0 Å². The molecule has 2 rings (SSSR count). The first-order chi connectivity index (χ1) is 9.06. The molecule has 0 aliphatic carbocycles. The molecule has 0 saturated carbocycles. The minimum atomic E-state index is -3.35. The Morgan fingerprint density at radius 3 is 2.53 bits per heavy atom. The standard InChI is InChI=1S/C14H19NO3S/c1-2-19(17,18)13-6-4-3-5-12(13)14(16)11-7-9-15-10-8-11/h3-6,11,15H,2,7-10H2,1H3. The third-order valence-electron chi connectivity index (χ3n) is 3.58. The molecule has 0 amide bonds. The highest BCUT2D eigenvalue weighted by atomic mass is 32.2. The molecule has 0 unspecified atom stereocenters. The van der Waals surface area contributed by atoms with Crippen molar-refractivity contribution >= 4 is 15.6 Å². The number of Topliss-reactive ketones (excluding diaryl/α,β-unsaturated/α-hetero) is 1. The molecule has 1 saturated heterocycles. The Morgan fingerprint density at radius 2 is 1.89 bits per heavy atom. The van der Waals surface area contributed by atoms with Gasteiger partial charge in [0, 0.05) is 11.5 Å². The highest BCUT2D eigenvalue weighted by Crippen LogP contribution is 2.24. The molecule has 0 spiro atoms. The van der Waals surface area contributed by atoms with Crippen LogP contribution in [0.15, 0.2) is 29.2 Å². The molecule has 1 aliphatic rings. The monoisotopic (exact) mass is 281 g/mol. The van der Waals surface area contributed by atoms with Crippen LogP contribution in [0.1, 0.15) is 30.1 Å². The van der Waals surface area contributed by atoms with E-state index in [4.69, 9.17) is 0 Å². The lowest BCUT2D eigenvalue weighted by atomic mass is 9.90. The summed E-state index contributed by atoms with van der Waals surface area (Å²) in [7, 11) is -3.35. The maximum absolute atomic E-state index is 12.5. The van der Waals surface area contributed by atoms with Crippen LogP contribution in [-0.2, 0) is 9.84 Å². The summed E-state index contributed by atoms with van der Waals surface area (Å²) in [6.07, 6.45) is 1.55. The Morgan fingerprint density at radius 1 is 1.26 bits per heavy atom. The van der Waals surface area contributed by atoms with Gasteiger partial charge >= 0.3 is 0 Å². The Labute approximate surface area is 114 Å². The van der Waals surface area contributed by atoms with Gasteiger partial charge < -0.3 is 5.32 Å². The van der Waals surface area contributed by atoms with Gasteiger partial charge in [0.2, 0.25) is 0 Å². The molecule has 104 valence electrons. The number of hydrogen-bond acceptors (Lipinski definition) is 4. The molecule has 1 aliphatic heterocycles. The van der Waals surface area contributed by atoms with Crippen molar-refractivity contribution in [3.63, 3.8) is 0 Å². The summed E-state index contributed by atoms with van der Waals surface area (Å²) >= 11 is 0. The van der Waals surface area contributed by atoms with E-state index in [0.29, 0.717) is 5.56 Å². The number of ketones is 1. The maximum atomic E-state index is 12.5. The van der Waals surface area contributed by atoms with Gasteiger partial charge in [0.05, 0.1) is 10.6 Å². The molecule has 0 aromatic heterocycles. The summed E-state index contributed by atoms with van der Waals surface area (Å²) < 4.78 is 24.1. The van der Waals surface area contributed by atoms with Gasteiger partial charge in [-0.3, -0.25) is 4.79 Å². The summed E-state index contributed by atoms with van der Waals surface area (Å²) in [6, 6.07) is 6.56. The Kier molecular flexibility index (Phi) is 4.37. The van der Waals surface area contributed by atoms with Gasteiger partial charge in [0.25, 0.3) is 0 Å². The summed E-state index contributed by atoms with van der Waals surface area (Å²) in [5, 5.41) is 3.21. The third-order valence-corrected chi connectivity index (χ3v) is 5.36. The molecular formula is C14H19NO3S. The number of piperidine rings is 1. The molecule has 4 nitrogen and oxygen atoms in total. The predicted molar refractivity (Wildman–Crippen MR) is 74.1 cm³/mol. The number of rotatable bonds is 4. The minimum absolute atomic E-state index is 0.0174. The van der Waals surface area contributed by atoms with Crippen molar-refractivity contribution in [1.29, 1.82) is 0 Å². The second-order valence-electron chi connectivity index (χ2n) is 4.79. The van der Waals surface area contributed by atoms with Gasteiger partial charge in [-0.25, -0.2) is 8.42 Å². The minimum Gasteiger partial charge on any atom is -0.317 e. The van der Waals surface area contributed by atoms with Gasteiger partial charge in [-0.15, -0.1) is 0 Å². The second-order valence-corrected chi connectivity index (χ2v) is 7.03.